The van der Waals surface area contributed by atoms with Gasteiger partial charge in [-0.15, -0.1) is 0 Å². The Bertz CT molecular complexity index is 209. The fourth-order valence-electron chi connectivity index (χ4n) is 1.06. The maximum Gasteiger partial charge on any atom is 0.0397 e. The largest absolute Gasteiger partial charge is 0.261 e. The molecule has 0 radical (unpaired) electrons. The molecule has 0 spiro atoms. The molecule has 1 aliphatic heterocycles. The quantitative estimate of drug-likeness (QED) is 0.572. The van der Waals surface area contributed by atoms with Crippen molar-refractivity contribution in [1.29, 1.82) is 0 Å². The highest BCUT2D eigenvalue weighted by atomic mass is 14.7. The van der Waals surface area contributed by atoms with Gasteiger partial charge in [-0.3, -0.25) is 4.99 Å². The second-order valence-electron chi connectivity index (χ2n) is 2.72. The van der Waals surface area contributed by atoms with Gasteiger partial charge >= 0.3 is 0 Å². The number of hydrogen-bond acceptors (Lipinski definition) is 1. The van der Waals surface area contributed by atoms with Crippen LogP contribution in [0.4, 0.5) is 0 Å². The van der Waals surface area contributed by atoms with Crippen LogP contribution in [0.2, 0.25) is 0 Å². The monoisotopic (exact) mass is 149 g/mol. The van der Waals surface area contributed by atoms with E-state index in [4.69, 9.17) is 0 Å². The van der Waals surface area contributed by atoms with E-state index in [0.29, 0.717) is 0 Å². The summed E-state index contributed by atoms with van der Waals surface area (Å²) in [7, 11) is 0. The summed E-state index contributed by atoms with van der Waals surface area (Å²) in [5.41, 5.74) is 2.61. The van der Waals surface area contributed by atoms with Crippen LogP contribution < -0.4 is 0 Å². The third-order valence-corrected chi connectivity index (χ3v) is 1.92. The first kappa shape index (κ1) is 8.25. The lowest BCUT2D eigenvalue weighted by molar-refractivity contribution is 1.02. The number of aliphatic imine (C=N–C) groups is 1. The number of nitrogens with zero attached hydrogens (tertiary/aromatic N) is 1. The molecule has 0 aromatic rings. The molecule has 0 fully saturated rings. The Balaban J connectivity index is 2.72. The summed E-state index contributed by atoms with van der Waals surface area (Å²) in [5, 5.41) is 0. The molecule has 0 saturated heterocycles. The highest BCUT2D eigenvalue weighted by Crippen LogP contribution is 2.11. The van der Waals surface area contributed by atoms with E-state index in [2.05, 4.69) is 31.0 Å². The molecule has 0 aliphatic carbocycles. The zero-order chi connectivity index (χ0) is 8.10. The van der Waals surface area contributed by atoms with Crippen molar-refractivity contribution in [1.82, 2.24) is 0 Å². The van der Waals surface area contributed by atoms with Gasteiger partial charge in [0, 0.05) is 11.9 Å². The Morgan fingerprint density at radius 1 is 1.36 bits per heavy atom. The molecule has 0 N–H and O–H groups in total. The van der Waals surface area contributed by atoms with Gasteiger partial charge in [-0.05, 0) is 30.9 Å². The van der Waals surface area contributed by atoms with E-state index in [9.17, 15) is 0 Å². The predicted octanol–water partition coefficient (Wildman–Crippen LogP) is 3.09. The van der Waals surface area contributed by atoms with E-state index < -0.39 is 0 Å². The van der Waals surface area contributed by atoms with Crippen LogP contribution in [0.1, 0.15) is 33.1 Å². The Kier molecular flexibility index (Phi) is 3.09. The molecule has 11 heavy (non-hydrogen) atoms. The highest BCUT2D eigenvalue weighted by Gasteiger charge is 1.96. The molecular formula is C10H15N. The van der Waals surface area contributed by atoms with Gasteiger partial charge in [-0.2, -0.15) is 0 Å². The van der Waals surface area contributed by atoms with Gasteiger partial charge < -0.3 is 0 Å². The van der Waals surface area contributed by atoms with Crippen LogP contribution in [0.5, 0.6) is 0 Å². The van der Waals surface area contributed by atoms with Crippen molar-refractivity contribution >= 4 is 5.71 Å². The van der Waals surface area contributed by atoms with Crippen LogP contribution >= 0.6 is 0 Å². The van der Waals surface area contributed by atoms with E-state index in [0.717, 1.165) is 19.3 Å². The van der Waals surface area contributed by atoms with Crippen LogP contribution in [0, 0.1) is 0 Å². The Labute approximate surface area is 68.5 Å². The lowest BCUT2D eigenvalue weighted by Gasteiger charge is -1.93. The molecule has 0 atom stereocenters. The summed E-state index contributed by atoms with van der Waals surface area (Å²) < 4.78 is 0. The lowest BCUT2D eigenvalue weighted by Crippen LogP contribution is -1.86. The second kappa shape index (κ2) is 4.12. The minimum atomic E-state index is 1.03. The molecule has 0 saturated carbocycles. The number of rotatable bonds is 2. The van der Waals surface area contributed by atoms with Crippen molar-refractivity contribution < 1.29 is 0 Å². The molecule has 1 nitrogen and oxygen atoms in total. The highest BCUT2D eigenvalue weighted by molar-refractivity contribution is 5.95. The fourth-order valence-corrected chi connectivity index (χ4v) is 1.06. The van der Waals surface area contributed by atoms with Gasteiger partial charge in [-0.1, -0.05) is 19.9 Å². The van der Waals surface area contributed by atoms with Crippen molar-refractivity contribution in [3.05, 3.63) is 23.9 Å². The normalized spacial score (nSPS) is 17.3. The summed E-state index contributed by atoms with van der Waals surface area (Å²) in [6.07, 6.45) is 9.56. The van der Waals surface area contributed by atoms with Gasteiger partial charge in [0.1, 0.15) is 0 Å². The predicted molar refractivity (Wildman–Crippen MR) is 49.9 cm³/mol. The minimum absolute atomic E-state index is 1.03. The molecule has 60 valence electrons. The zero-order valence-electron chi connectivity index (χ0n) is 7.30. The van der Waals surface area contributed by atoms with Gasteiger partial charge in [0.05, 0.1) is 0 Å². The van der Waals surface area contributed by atoms with E-state index >= 15 is 0 Å². The smallest absolute Gasteiger partial charge is 0.0397 e. The average molecular weight is 149 g/mol. The van der Waals surface area contributed by atoms with Crippen LogP contribution in [0.3, 0.4) is 0 Å². The first-order chi connectivity index (χ1) is 5.36. The van der Waals surface area contributed by atoms with Crippen molar-refractivity contribution in [2.75, 3.05) is 0 Å². The minimum Gasteiger partial charge on any atom is -0.261 e. The molecule has 0 bridgehead atoms. The maximum absolute atomic E-state index is 4.36. The summed E-state index contributed by atoms with van der Waals surface area (Å²) in [6.45, 7) is 4.31. The van der Waals surface area contributed by atoms with E-state index in [1.54, 1.807) is 0 Å². The maximum atomic E-state index is 4.36. The zero-order valence-corrected chi connectivity index (χ0v) is 7.30. The van der Waals surface area contributed by atoms with E-state index in [1.165, 1.54) is 11.3 Å². The first-order valence-electron chi connectivity index (χ1n) is 4.28. The molecule has 1 heteroatoms. The Morgan fingerprint density at radius 2 is 2.18 bits per heavy atom. The topological polar surface area (TPSA) is 12.4 Å². The van der Waals surface area contributed by atoms with Crippen molar-refractivity contribution in [3.8, 4) is 0 Å². The van der Waals surface area contributed by atoms with Gasteiger partial charge in [0.2, 0.25) is 0 Å². The summed E-state index contributed by atoms with van der Waals surface area (Å²) in [5.74, 6) is 0. The van der Waals surface area contributed by atoms with Crippen LogP contribution in [-0.2, 0) is 0 Å². The Morgan fingerprint density at radius 3 is 2.82 bits per heavy atom. The summed E-state index contributed by atoms with van der Waals surface area (Å²) in [4.78, 5) is 4.36. The average Bonchev–Trinajstić information content (AvgIpc) is 2.28. The molecule has 1 aliphatic rings. The number of hydrogen-bond donors (Lipinski definition) is 0. The molecule has 0 aromatic carbocycles. The number of allylic oxidation sites excluding steroid dienone is 3. The fraction of sp³-hybridized carbons (Fsp3) is 0.500. The van der Waals surface area contributed by atoms with Crippen molar-refractivity contribution in [2.24, 2.45) is 4.99 Å². The molecule has 0 unspecified atom stereocenters. The second-order valence-corrected chi connectivity index (χ2v) is 2.72. The standard InChI is InChI=1S/C10H15N/c1-3-9-6-5-7-10(4-2)11-8-9/h5,7-8H,3-4,6H2,1-2H3. The third kappa shape index (κ3) is 2.34. The molecule has 0 amide bonds. The van der Waals surface area contributed by atoms with Crippen LogP contribution in [-0.4, -0.2) is 5.71 Å². The Hall–Kier alpha value is -0.850. The molecule has 1 heterocycles. The van der Waals surface area contributed by atoms with Gasteiger partial charge in [-0.25, -0.2) is 0 Å². The van der Waals surface area contributed by atoms with Gasteiger partial charge in [0.15, 0.2) is 0 Å². The molecule has 0 aromatic heterocycles. The van der Waals surface area contributed by atoms with Crippen LogP contribution in [0.15, 0.2) is 28.9 Å². The lowest BCUT2D eigenvalue weighted by atomic mass is 10.1. The van der Waals surface area contributed by atoms with Crippen LogP contribution in [0.25, 0.3) is 0 Å². The van der Waals surface area contributed by atoms with Crippen molar-refractivity contribution in [3.63, 3.8) is 0 Å². The SMILES string of the molecule is CCC1=CN=C(CC)C=CC1. The van der Waals surface area contributed by atoms with Gasteiger partial charge in [0.25, 0.3) is 0 Å². The van der Waals surface area contributed by atoms with E-state index in [-0.39, 0.29) is 0 Å². The molecule has 1 rings (SSSR count). The summed E-state index contributed by atoms with van der Waals surface area (Å²) in [6, 6.07) is 0. The van der Waals surface area contributed by atoms with E-state index in [1.807, 2.05) is 6.20 Å². The first-order valence-corrected chi connectivity index (χ1v) is 4.28. The molecular weight excluding hydrogens is 134 g/mol. The summed E-state index contributed by atoms with van der Waals surface area (Å²) >= 11 is 0. The van der Waals surface area contributed by atoms with Crippen molar-refractivity contribution in [2.45, 2.75) is 33.1 Å². The third-order valence-electron chi connectivity index (χ3n) is 1.92.